The van der Waals surface area contributed by atoms with Crippen molar-refractivity contribution in [2.24, 2.45) is 5.73 Å². The summed E-state index contributed by atoms with van der Waals surface area (Å²) < 4.78 is 0. The summed E-state index contributed by atoms with van der Waals surface area (Å²) in [5.41, 5.74) is 9.52. The second-order valence-corrected chi connectivity index (χ2v) is 3.87. The fraction of sp³-hybridized carbons (Fsp3) is 0.333. The first-order chi connectivity index (χ1) is 6.79. The van der Waals surface area contributed by atoms with Crippen molar-refractivity contribution in [3.05, 3.63) is 47.5 Å². The van der Waals surface area contributed by atoms with Crippen molar-refractivity contribution in [1.82, 2.24) is 4.90 Å². The standard InChI is InChI=1S/C12H16N2/c1-10(6-13)7-14-8-11-4-2-3-5-12(11)9-14/h2-5H,1,6-9,13H2. The summed E-state index contributed by atoms with van der Waals surface area (Å²) in [5, 5.41) is 0. The summed E-state index contributed by atoms with van der Waals surface area (Å²) in [7, 11) is 0. The van der Waals surface area contributed by atoms with Crippen molar-refractivity contribution in [2.75, 3.05) is 13.1 Å². The van der Waals surface area contributed by atoms with Gasteiger partial charge in [0.05, 0.1) is 0 Å². The van der Waals surface area contributed by atoms with Crippen LogP contribution in [0.4, 0.5) is 0 Å². The highest BCUT2D eigenvalue weighted by molar-refractivity contribution is 5.30. The van der Waals surface area contributed by atoms with E-state index in [1.54, 1.807) is 0 Å². The second kappa shape index (κ2) is 3.95. The summed E-state index contributed by atoms with van der Waals surface area (Å²) in [4.78, 5) is 2.37. The lowest BCUT2D eigenvalue weighted by Crippen LogP contribution is -2.22. The number of nitrogens with zero attached hydrogens (tertiary/aromatic N) is 1. The summed E-state index contributed by atoms with van der Waals surface area (Å²) in [6, 6.07) is 8.58. The van der Waals surface area contributed by atoms with Crippen molar-refractivity contribution in [3.63, 3.8) is 0 Å². The van der Waals surface area contributed by atoms with Crippen LogP contribution in [0.5, 0.6) is 0 Å². The predicted molar refractivity (Wildman–Crippen MR) is 58.8 cm³/mol. The molecule has 0 fully saturated rings. The second-order valence-electron chi connectivity index (χ2n) is 3.87. The van der Waals surface area contributed by atoms with Gasteiger partial charge in [0.25, 0.3) is 0 Å². The molecule has 0 saturated carbocycles. The minimum atomic E-state index is 0.590. The number of fused-ring (bicyclic) bond motifs is 1. The molecule has 0 amide bonds. The molecule has 1 aliphatic rings. The molecule has 2 N–H and O–H groups in total. The number of hydrogen-bond donors (Lipinski definition) is 1. The first-order valence-corrected chi connectivity index (χ1v) is 4.95. The van der Waals surface area contributed by atoms with Crippen LogP contribution in [-0.4, -0.2) is 18.0 Å². The van der Waals surface area contributed by atoms with Crippen molar-refractivity contribution < 1.29 is 0 Å². The fourth-order valence-electron chi connectivity index (χ4n) is 1.90. The quantitative estimate of drug-likeness (QED) is 0.729. The lowest BCUT2D eigenvalue weighted by atomic mass is 10.1. The molecular formula is C12H16N2. The molecule has 0 unspecified atom stereocenters. The molecule has 0 atom stereocenters. The monoisotopic (exact) mass is 188 g/mol. The average molecular weight is 188 g/mol. The van der Waals surface area contributed by atoms with Gasteiger partial charge in [0.2, 0.25) is 0 Å². The Labute approximate surface area is 85.0 Å². The molecule has 0 aliphatic carbocycles. The summed E-state index contributed by atoms with van der Waals surface area (Å²) >= 11 is 0. The molecule has 1 aromatic rings. The van der Waals surface area contributed by atoms with E-state index in [0.717, 1.165) is 25.2 Å². The number of benzene rings is 1. The first-order valence-electron chi connectivity index (χ1n) is 4.95. The minimum absolute atomic E-state index is 0.590. The smallest absolute Gasteiger partial charge is 0.0243 e. The fourth-order valence-corrected chi connectivity index (χ4v) is 1.90. The zero-order valence-electron chi connectivity index (χ0n) is 8.37. The van der Waals surface area contributed by atoms with E-state index in [1.165, 1.54) is 11.1 Å². The highest BCUT2D eigenvalue weighted by Crippen LogP contribution is 2.22. The van der Waals surface area contributed by atoms with Crippen molar-refractivity contribution in [2.45, 2.75) is 13.1 Å². The molecule has 2 rings (SSSR count). The van der Waals surface area contributed by atoms with Crippen molar-refractivity contribution in [3.8, 4) is 0 Å². The molecule has 2 heteroatoms. The molecule has 1 aromatic carbocycles. The molecule has 0 aromatic heterocycles. The molecule has 14 heavy (non-hydrogen) atoms. The minimum Gasteiger partial charge on any atom is -0.327 e. The molecule has 0 spiro atoms. The van der Waals surface area contributed by atoms with E-state index < -0.39 is 0 Å². The van der Waals surface area contributed by atoms with Crippen LogP contribution in [0.1, 0.15) is 11.1 Å². The molecule has 74 valence electrons. The maximum Gasteiger partial charge on any atom is 0.0243 e. The zero-order chi connectivity index (χ0) is 9.97. The van der Waals surface area contributed by atoms with Crippen LogP contribution in [-0.2, 0) is 13.1 Å². The van der Waals surface area contributed by atoms with E-state index in [1.807, 2.05) is 0 Å². The van der Waals surface area contributed by atoms with Crippen LogP contribution in [0.25, 0.3) is 0 Å². The molecule has 0 radical (unpaired) electrons. The van der Waals surface area contributed by atoms with E-state index in [-0.39, 0.29) is 0 Å². The lowest BCUT2D eigenvalue weighted by Gasteiger charge is -2.15. The Balaban J connectivity index is 2.01. The van der Waals surface area contributed by atoms with Gasteiger partial charge in [-0.3, -0.25) is 4.90 Å². The topological polar surface area (TPSA) is 29.3 Å². The van der Waals surface area contributed by atoms with Crippen LogP contribution in [0, 0.1) is 0 Å². The normalized spacial score (nSPS) is 15.5. The third-order valence-electron chi connectivity index (χ3n) is 2.64. The first kappa shape index (κ1) is 9.44. The Morgan fingerprint density at radius 3 is 2.36 bits per heavy atom. The van der Waals surface area contributed by atoms with Gasteiger partial charge < -0.3 is 5.73 Å². The van der Waals surface area contributed by atoms with Gasteiger partial charge in [0.1, 0.15) is 0 Å². The van der Waals surface area contributed by atoms with Gasteiger partial charge in [-0.1, -0.05) is 30.8 Å². The molecule has 0 bridgehead atoms. The Kier molecular flexibility index (Phi) is 2.66. The maximum absolute atomic E-state index is 5.53. The molecule has 1 aliphatic heterocycles. The Morgan fingerprint density at radius 1 is 1.29 bits per heavy atom. The average Bonchev–Trinajstić information content (AvgIpc) is 2.59. The Morgan fingerprint density at radius 2 is 1.86 bits per heavy atom. The van der Waals surface area contributed by atoms with Crippen molar-refractivity contribution in [1.29, 1.82) is 0 Å². The third kappa shape index (κ3) is 1.86. The zero-order valence-corrected chi connectivity index (χ0v) is 8.37. The predicted octanol–water partition coefficient (Wildman–Crippen LogP) is 1.52. The van der Waals surface area contributed by atoms with Crippen LogP contribution >= 0.6 is 0 Å². The number of nitrogens with two attached hydrogens (primary N) is 1. The number of hydrogen-bond acceptors (Lipinski definition) is 2. The van der Waals surface area contributed by atoms with E-state index in [4.69, 9.17) is 5.73 Å². The van der Waals surface area contributed by atoms with Crippen LogP contribution in [0.2, 0.25) is 0 Å². The van der Waals surface area contributed by atoms with Gasteiger partial charge >= 0.3 is 0 Å². The summed E-state index contributed by atoms with van der Waals surface area (Å²) in [5.74, 6) is 0. The largest absolute Gasteiger partial charge is 0.327 e. The van der Waals surface area contributed by atoms with Crippen LogP contribution in [0.15, 0.2) is 36.4 Å². The number of rotatable bonds is 3. The van der Waals surface area contributed by atoms with Gasteiger partial charge in [0, 0.05) is 26.2 Å². The van der Waals surface area contributed by atoms with E-state index in [0.29, 0.717) is 6.54 Å². The van der Waals surface area contributed by atoms with Crippen molar-refractivity contribution >= 4 is 0 Å². The highest BCUT2D eigenvalue weighted by Gasteiger charge is 2.17. The maximum atomic E-state index is 5.53. The van der Waals surface area contributed by atoms with Gasteiger partial charge in [-0.2, -0.15) is 0 Å². The summed E-state index contributed by atoms with van der Waals surface area (Å²) in [6.07, 6.45) is 0. The SMILES string of the molecule is C=C(CN)CN1Cc2ccccc2C1. The van der Waals surface area contributed by atoms with Gasteiger partial charge in [-0.05, 0) is 16.7 Å². The van der Waals surface area contributed by atoms with E-state index in [2.05, 4.69) is 35.7 Å². The lowest BCUT2D eigenvalue weighted by molar-refractivity contribution is 0.309. The molecule has 0 saturated heterocycles. The van der Waals surface area contributed by atoms with Gasteiger partial charge in [0.15, 0.2) is 0 Å². The van der Waals surface area contributed by atoms with Crippen LogP contribution in [0.3, 0.4) is 0 Å². The van der Waals surface area contributed by atoms with Gasteiger partial charge in [-0.25, -0.2) is 0 Å². The molecule has 2 nitrogen and oxygen atoms in total. The third-order valence-corrected chi connectivity index (χ3v) is 2.64. The Bertz CT molecular complexity index is 319. The molecule has 1 heterocycles. The van der Waals surface area contributed by atoms with Gasteiger partial charge in [-0.15, -0.1) is 0 Å². The summed E-state index contributed by atoms with van der Waals surface area (Å²) in [6.45, 7) is 7.52. The van der Waals surface area contributed by atoms with E-state index in [9.17, 15) is 0 Å². The molecular weight excluding hydrogens is 172 g/mol. The van der Waals surface area contributed by atoms with E-state index >= 15 is 0 Å². The highest BCUT2D eigenvalue weighted by atomic mass is 15.1. The van der Waals surface area contributed by atoms with Crippen LogP contribution < -0.4 is 5.73 Å². The Hall–Kier alpha value is -1.12.